The highest BCUT2D eigenvalue weighted by molar-refractivity contribution is 5.27. The first-order chi connectivity index (χ1) is 7.76. The topological polar surface area (TPSA) is 29.5 Å². The molecule has 0 fully saturated rings. The normalized spacial score (nSPS) is 12.4. The predicted octanol–water partition coefficient (Wildman–Crippen LogP) is 3.18. The minimum Gasteiger partial charge on any atom is -0.494 e. The number of aliphatic hydroxyl groups is 1. The molecular weight excluding hydrogens is 200 g/mol. The summed E-state index contributed by atoms with van der Waals surface area (Å²) < 4.78 is 5.59. The largest absolute Gasteiger partial charge is 0.494 e. The summed E-state index contributed by atoms with van der Waals surface area (Å²) in [6.45, 7) is 4.82. The molecule has 0 bridgehead atoms. The molecule has 0 aliphatic carbocycles. The van der Waals surface area contributed by atoms with E-state index < -0.39 is 0 Å². The zero-order valence-corrected chi connectivity index (χ0v) is 10.3. The van der Waals surface area contributed by atoms with Gasteiger partial charge in [0.15, 0.2) is 0 Å². The molecule has 1 rings (SSSR count). The Balaban J connectivity index is 2.21. The van der Waals surface area contributed by atoms with E-state index >= 15 is 0 Å². The molecule has 1 unspecified atom stereocenters. The van der Waals surface area contributed by atoms with E-state index in [0.29, 0.717) is 6.61 Å². The summed E-state index contributed by atoms with van der Waals surface area (Å²) in [6.07, 6.45) is 3.44. The lowest BCUT2D eigenvalue weighted by molar-refractivity contribution is 0.149. The van der Waals surface area contributed by atoms with E-state index in [-0.39, 0.29) is 6.10 Å². The Hall–Kier alpha value is -1.02. The summed E-state index contributed by atoms with van der Waals surface area (Å²) in [5.41, 5.74) is 1.33. The molecule has 2 nitrogen and oxygen atoms in total. The molecule has 0 aliphatic rings. The van der Waals surface area contributed by atoms with Gasteiger partial charge in [-0.15, -0.1) is 0 Å². The number of hydrogen-bond donors (Lipinski definition) is 1. The standard InChI is InChI=1S/C14H22O2/c1-3-12-7-9-14(10-8-12)16-11-5-6-13(15)4-2/h7-10,13,15H,3-6,11H2,1-2H3. The van der Waals surface area contributed by atoms with Crippen LogP contribution >= 0.6 is 0 Å². The van der Waals surface area contributed by atoms with E-state index in [1.807, 2.05) is 19.1 Å². The lowest BCUT2D eigenvalue weighted by atomic mass is 10.1. The van der Waals surface area contributed by atoms with E-state index in [0.717, 1.165) is 31.4 Å². The van der Waals surface area contributed by atoms with Crippen molar-refractivity contribution in [2.24, 2.45) is 0 Å². The zero-order chi connectivity index (χ0) is 11.8. The maximum atomic E-state index is 9.37. The molecule has 2 heteroatoms. The molecule has 16 heavy (non-hydrogen) atoms. The van der Waals surface area contributed by atoms with Gasteiger partial charge < -0.3 is 9.84 Å². The van der Waals surface area contributed by atoms with E-state index in [2.05, 4.69) is 19.1 Å². The van der Waals surface area contributed by atoms with Gasteiger partial charge in [0.2, 0.25) is 0 Å². The zero-order valence-electron chi connectivity index (χ0n) is 10.3. The van der Waals surface area contributed by atoms with Crippen molar-refractivity contribution in [2.75, 3.05) is 6.61 Å². The highest BCUT2D eigenvalue weighted by atomic mass is 16.5. The van der Waals surface area contributed by atoms with Crippen LogP contribution < -0.4 is 4.74 Å². The smallest absolute Gasteiger partial charge is 0.119 e. The molecule has 0 spiro atoms. The van der Waals surface area contributed by atoms with Crippen LogP contribution in [0, 0.1) is 0 Å². The highest BCUT2D eigenvalue weighted by Crippen LogP contribution is 2.13. The predicted molar refractivity (Wildman–Crippen MR) is 66.8 cm³/mol. The van der Waals surface area contributed by atoms with Crippen LogP contribution in [0.25, 0.3) is 0 Å². The number of ether oxygens (including phenoxy) is 1. The van der Waals surface area contributed by atoms with Gasteiger partial charge in [-0.25, -0.2) is 0 Å². The second-order valence-electron chi connectivity index (χ2n) is 4.05. The van der Waals surface area contributed by atoms with Crippen LogP contribution in [0.15, 0.2) is 24.3 Å². The van der Waals surface area contributed by atoms with Crippen LogP contribution in [0.5, 0.6) is 5.75 Å². The Labute approximate surface area is 98.3 Å². The Kier molecular flexibility index (Phi) is 5.94. The quantitative estimate of drug-likeness (QED) is 0.718. The summed E-state index contributed by atoms with van der Waals surface area (Å²) in [5, 5.41) is 9.37. The van der Waals surface area contributed by atoms with Crippen molar-refractivity contribution >= 4 is 0 Å². The minimum atomic E-state index is -0.175. The van der Waals surface area contributed by atoms with Crippen molar-refractivity contribution in [3.8, 4) is 5.75 Å². The van der Waals surface area contributed by atoms with Gasteiger partial charge in [-0.1, -0.05) is 26.0 Å². The lowest BCUT2D eigenvalue weighted by Crippen LogP contribution is -2.07. The molecule has 0 radical (unpaired) electrons. The number of aliphatic hydroxyl groups excluding tert-OH is 1. The van der Waals surface area contributed by atoms with Crippen LogP contribution in [-0.4, -0.2) is 17.8 Å². The SMILES string of the molecule is CCc1ccc(OCCCC(O)CC)cc1. The highest BCUT2D eigenvalue weighted by Gasteiger charge is 2.00. The molecule has 0 heterocycles. The molecule has 1 aromatic carbocycles. The Bertz CT molecular complexity index is 279. The van der Waals surface area contributed by atoms with Crippen molar-refractivity contribution in [3.05, 3.63) is 29.8 Å². The van der Waals surface area contributed by atoms with Gasteiger partial charge >= 0.3 is 0 Å². The molecule has 1 N–H and O–H groups in total. The summed E-state index contributed by atoms with van der Waals surface area (Å²) in [5.74, 6) is 0.920. The molecule has 0 saturated carbocycles. The fraction of sp³-hybridized carbons (Fsp3) is 0.571. The fourth-order valence-electron chi connectivity index (χ4n) is 1.53. The lowest BCUT2D eigenvalue weighted by Gasteiger charge is -2.09. The third kappa shape index (κ3) is 4.67. The van der Waals surface area contributed by atoms with Gasteiger partial charge in [0.1, 0.15) is 5.75 Å². The first-order valence-corrected chi connectivity index (χ1v) is 6.16. The maximum Gasteiger partial charge on any atom is 0.119 e. The van der Waals surface area contributed by atoms with Gasteiger partial charge in [-0.3, -0.25) is 0 Å². The third-order valence-corrected chi connectivity index (χ3v) is 2.75. The Morgan fingerprint density at radius 1 is 1.19 bits per heavy atom. The van der Waals surface area contributed by atoms with Crippen molar-refractivity contribution in [3.63, 3.8) is 0 Å². The van der Waals surface area contributed by atoms with Crippen LogP contribution in [0.1, 0.15) is 38.7 Å². The minimum absolute atomic E-state index is 0.175. The van der Waals surface area contributed by atoms with Gasteiger partial charge in [0, 0.05) is 0 Å². The molecule has 1 atom stereocenters. The molecule has 0 amide bonds. The average Bonchev–Trinajstić information content (AvgIpc) is 2.35. The van der Waals surface area contributed by atoms with Gasteiger partial charge in [0.05, 0.1) is 12.7 Å². The van der Waals surface area contributed by atoms with Crippen molar-refractivity contribution in [1.29, 1.82) is 0 Å². The molecule has 90 valence electrons. The van der Waals surface area contributed by atoms with Crippen LogP contribution in [-0.2, 0) is 6.42 Å². The fourth-order valence-corrected chi connectivity index (χ4v) is 1.53. The number of aryl methyl sites for hydroxylation is 1. The summed E-state index contributed by atoms with van der Waals surface area (Å²) in [6, 6.07) is 8.20. The molecule has 0 saturated heterocycles. The number of hydrogen-bond acceptors (Lipinski definition) is 2. The van der Waals surface area contributed by atoms with Crippen LogP contribution in [0.2, 0.25) is 0 Å². The second-order valence-corrected chi connectivity index (χ2v) is 4.05. The van der Waals surface area contributed by atoms with Gasteiger partial charge in [0.25, 0.3) is 0 Å². The third-order valence-electron chi connectivity index (χ3n) is 2.75. The number of rotatable bonds is 7. The van der Waals surface area contributed by atoms with Gasteiger partial charge in [-0.2, -0.15) is 0 Å². The van der Waals surface area contributed by atoms with E-state index in [1.165, 1.54) is 5.56 Å². The number of benzene rings is 1. The summed E-state index contributed by atoms with van der Waals surface area (Å²) in [7, 11) is 0. The summed E-state index contributed by atoms with van der Waals surface area (Å²) in [4.78, 5) is 0. The van der Waals surface area contributed by atoms with E-state index in [1.54, 1.807) is 0 Å². The van der Waals surface area contributed by atoms with E-state index in [9.17, 15) is 5.11 Å². The summed E-state index contributed by atoms with van der Waals surface area (Å²) >= 11 is 0. The van der Waals surface area contributed by atoms with Crippen molar-refractivity contribution in [1.82, 2.24) is 0 Å². The first-order valence-electron chi connectivity index (χ1n) is 6.16. The second kappa shape index (κ2) is 7.29. The average molecular weight is 222 g/mol. The molecule has 0 aromatic heterocycles. The van der Waals surface area contributed by atoms with Crippen LogP contribution in [0.4, 0.5) is 0 Å². The van der Waals surface area contributed by atoms with Crippen LogP contribution in [0.3, 0.4) is 0 Å². The maximum absolute atomic E-state index is 9.37. The monoisotopic (exact) mass is 222 g/mol. The first kappa shape index (κ1) is 13.0. The Morgan fingerprint density at radius 3 is 2.44 bits per heavy atom. The molecule has 1 aromatic rings. The van der Waals surface area contributed by atoms with Crippen molar-refractivity contribution < 1.29 is 9.84 Å². The van der Waals surface area contributed by atoms with Gasteiger partial charge in [-0.05, 0) is 43.4 Å². The van der Waals surface area contributed by atoms with Crippen molar-refractivity contribution in [2.45, 2.75) is 45.6 Å². The molecule has 0 aliphatic heterocycles. The molecular formula is C14H22O2. The Morgan fingerprint density at radius 2 is 1.88 bits per heavy atom. The van der Waals surface area contributed by atoms with E-state index in [4.69, 9.17) is 4.74 Å².